The van der Waals surface area contributed by atoms with Gasteiger partial charge in [-0.15, -0.1) is 0 Å². The van der Waals surface area contributed by atoms with Crippen LogP contribution in [-0.4, -0.2) is 98.3 Å². The van der Waals surface area contributed by atoms with E-state index in [0.717, 1.165) is 48.8 Å². The van der Waals surface area contributed by atoms with Gasteiger partial charge >= 0.3 is 18.2 Å². The van der Waals surface area contributed by atoms with Gasteiger partial charge in [0.15, 0.2) is 23.0 Å². The maximum Gasteiger partial charge on any atom is 0.412 e. The van der Waals surface area contributed by atoms with Crippen molar-refractivity contribution in [2.24, 2.45) is 23.3 Å². The third-order valence-corrected chi connectivity index (χ3v) is 10.7. The fraction of sp³-hybridized carbons (Fsp3) is 0.471. The van der Waals surface area contributed by atoms with E-state index in [4.69, 9.17) is 40.3 Å². The highest BCUT2D eigenvalue weighted by Gasteiger charge is 2.21. The summed E-state index contributed by atoms with van der Waals surface area (Å²) in [6.45, 7) is 6.84. The average Bonchev–Trinajstić information content (AvgIpc) is 3.32. The van der Waals surface area contributed by atoms with Crippen LogP contribution in [0.5, 0.6) is 28.7 Å². The van der Waals surface area contributed by atoms with Crippen molar-refractivity contribution in [3.63, 3.8) is 0 Å². The molecule has 0 spiro atoms. The number of aliphatic hydroxyl groups is 2. The second kappa shape index (κ2) is 30.8. The molecule has 3 rings (SSSR count). The summed E-state index contributed by atoms with van der Waals surface area (Å²) in [5, 5.41) is 27.5. The summed E-state index contributed by atoms with van der Waals surface area (Å²) in [7, 11) is 4.49. The largest absolute Gasteiger partial charge is 0.493 e. The van der Waals surface area contributed by atoms with E-state index in [-0.39, 0.29) is 79.1 Å². The lowest BCUT2D eigenvalue weighted by Gasteiger charge is -2.27. The van der Waals surface area contributed by atoms with Gasteiger partial charge < -0.3 is 61.3 Å². The number of nitrogens with two attached hydrogens (primary N) is 2. The number of unbranched alkanes of at least 4 members (excludes halogenated alkanes) is 4. The van der Waals surface area contributed by atoms with E-state index in [1.165, 1.54) is 25.2 Å². The maximum absolute atomic E-state index is 13.6. The molecular formula is C51H72N6O12. The van der Waals surface area contributed by atoms with Crippen LogP contribution in [0, 0.1) is 11.8 Å². The van der Waals surface area contributed by atoms with Gasteiger partial charge in [0.1, 0.15) is 17.5 Å². The Hall–Kier alpha value is -6.47. The second-order valence-electron chi connectivity index (χ2n) is 17.0. The van der Waals surface area contributed by atoms with E-state index in [9.17, 15) is 29.1 Å². The maximum atomic E-state index is 13.6. The molecule has 0 radical (unpaired) electrons. The number of allylic oxidation sites excluding steroid dienone is 4. The predicted molar refractivity (Wildman–Crippen MR) is 262 cm³/mol. The molecule has 0 saturated carbocycles. The molecule has 18 heteroatoms. The number of hydrogen-bond donors (Lipinski definition) is 7. The lowest BCUT2D eigenvalue weighted by atomic mass is 9.98. The van der Waals surface area contributed by atoms with Crippen LogP contribution in [-0.2, 0) is 29.1 Å². The minimum Gasteiger partial charge on any atom is -0.493 e. The summed E-state index contributed by atoms with van der Waals surface area (Å²) < 4.78 is 27.1. The topological polar surface area (TPSA) is 263 Å². The van der Waals surface area contributed by atoms with Gasteiger partial charge in [0.05, 0.1) is 26.9 Å². The van der Waals surface area contributed by atoms with E-state index < -0.39 is 30.4 Å². The number of rotatable bonds is 30. The highest BCUT2D eigenvalue weighted by atomic mass is 16.6. The number of amides is 4. The van der Waals surface area contributed by atoms with Gasteiger partial charge in [-0.1, -0.05) is 63.3 Å². The first-order valence-corrected chi connectivity index (χ1v) is 23.3. The van der Waals surface area contributed by atoms with Crippen molar-refractivity contribution in [2.45, 2.75) is 104 Å². The number of hydrogen-bond acceptors (Lipinski definition) is 14. The summed E-state index contributed by atoms with van der Waals surface area (Å²) in [4.78, 5) is 64.1. The number of nitrogens with one attached hydrogen (secondary N) is 3. The van der Waals surface area contributed by atoms with E-state index in [0.29, 0.717) is 37.4 Å². The molecule has 0 saturated heterocycles. The minimum absolute atomic E-state index is 0.00490. The van der Waals surface area contributed by atoms with Crippen molar-refractivity contribution in [1.82, 2.24) is 20.9 Å². The van der Waals surface area contributed by atoms with Crippen LogP contribution in [0.2, 0.25) is 0 Å². The number of primary amides is 1. The molecule has 18 nitrogen and oxygen atoms in total. The van der Waals surface area contributed by atoms with Crippen molar-refractivity contribution in [3.05, 3.63) is 101 Å². The third kappa shape index (κ3) is 21.6. The van der Waals surface area contributed by atoms with Gasteiger partial charge in [-0.25, -0.2) is 14.4 Å². The molecule has 0 aliphatic heterocycles. The Bertz CT molecular complexity index is 2180. The lowest BCUT2D eigenvalue weighted by Crippen LogP contribution is -2.50. The van der Waals surface area contributed by atoms with Gasteiger partial charge in [0, 0.05) is 39.0 Å². The molecule has 3 aromatic rings. The van der Waals surface area contributed by atoms with Crippen molar-refractivity contribution < 1.29 is 57.9 Å². The quantitative estimate of drug-likeness (QED) is 0.0132. The average molecular weight is 961 g/mol. The van der Waals surface area contributed by atoms with Crippen LogP contribution in [0.3, 0.4) is 0 Å². The minimum atomic E-state index is -1.08. The molecule has 3 atom stereocenters. The molecular weight excluding hydrogens is 889 g/mol. The summed E-state index contributed by atoms with van der Waals surface area (Å²) >= 11 is 0. The zero-order valence-electron chi connectivity index (χ0n) is 40.8. The molecule has 3 aromatic carbocycles. The monoisotopic (exact) mass is 961 g/mol. The van der Waals surface area contributed by atoms with Crippen LogP contribution in [0.1, 0.15) is 99.2 Å². The van der Waals surface area contributed by atoms with E-state index in [1.54, 1.807) is 55.6 Å². The van der Waals surface area contributed by atoms with Crippen molar-refractivity contribution in [2.75, 3.05) is 41.0 Å². The SMILES string of the molecule is COc1cc(CNC(=O)CCCC/C=C/C(C)Cc2ccc(OC(N)=O)c(C(=O)Oc3ccc(CNC(=O)CCCC/C=C/C(C)C)cc3OC)c2)ccc1OC(=O)NCCN(C)C(O)[C@@H](N)CO. The molecule has 0 aromatic heterocycles. The summed E-state index contributed by atoms with van der Waals surface area (Å²) in [5.41, 5.74) is 13.2. The summed E-state index contributed by atoms with van der Waals surface area (Å²) in [5.74, 6) is 0.507. The first-order chi connectivity index (χ1) is 33.0. The molecule has 0 aliphatic rings. The Morgan fingerprint density at radius 2 is 1.23 bits per heavy atom. The number of carbonyl (C=O) groups is 5. The fourth-order valence-electron chi connectivity index (χ4n) is 6.86. The van der Waals surface area contributed by atoms with E-state index in [2.05, 4.69) is 54.1 Å². The number of methoxy groups -OCH3 is 2. The number of ether oxygens (including phenoxy) is 5. The number of benzene rings is 3. The Balaban J connectivity index is 1.44. The van der Waals surface area contributed by atoms with Gasteiger partial charge in [-0.05, 0) is 117 Å². The third-order valence-electron chi connectivity index (χ3n) is 10.7. The van der Waals surface area contributed by atoms with Crippen LogP contribution < -0.4 is 51.1 Å². The van der Waals surface area contributed by atoms with Crippen LogP contribution in [0.15, 0.2) is 78.9 Å². The number of carbonyl (C=O) groups excluding carboxylic acids is 5. The molecule has 0 aliphatic carbocycles. The Morgan fingerprint density at radius 3 is 1.77 bits per heavy atom. The highest BCUT2D eigenvalue weighted by Crippen LogP contribution is 2.31. The van der Waals surface area contributed by atoms with Crippen molar-refractivity contribution in [3.8, 4) is 28.7 Å². The smallest absolute Gasteiger partial charge is 0.412 e. The van der Waals surface area contributed by atoms with Crippen LogP contribution >= 0.6 is 0 Å². The van der Waals surface area contributed by atoms with Crippen LogP contribution in [0.25, 0.3) is 0 Å². The normalized spacial score (nSPS) is 12.7. The molecule has 378 valence electrons. The standard InChI is InChI=1S/C51H72N6O12/c1-34(2)15-11-7-9-13-17-46(59)55-31-37-20-23-42(44(29-37)65-5)67-49(62)39-28-36(19-22-41(39)68-50(53)63)27-35(3)16-12-8-10-14-18-47(60)56-32-38-21-24-43(45(30-38)66-6)69-51(64)54-25-26-57(4)48(61)40(52)33-58/h11-12,15-16,19-24,28-30,34-35,40,48,58,61H,7-10,13-14,17-18,25-27,31-33,52H2,1-6H3,(H2,53,63)(H,54,64)(H,55,59)(H,56,60)/b15-11+,16-12+/t35?,40-,48?/m0/s1. The Labute approximate surface area is 405 Å². The summed E-state index contributed by atoms with van der Waals surface area (Å²) in [6.07, 6.45) is 11.8. The Morgan fingerprint density at radius 1 is 0.696 bits per heavy atom. The van der Waals surface area contributed by atoms with Gasteiger partial charge in [-0.2, -0.15) is 0 Å². The molecule has 0 bridgehead atoms. The molecule has 0 heterocycles. The predicted octanol–water partition coefficient (Wildman–Crippen LogP) is 6.04. The zero-order chi connectivity index (χ0) is 50.7. The van der Waals surface area contributed by atoms with Gasteiger partial charge in [-0.3, -0.25) is 14.5 Å². The number of esters is 1. The number of likely N-dealkylation sites (N-methyl/N-ethyl adjacent to an activating group) is 1. The Kier molecular flexibility index (Phi) is 25.4. The van der Waals surface area contributed by atoms with Crippen molar-refractivity contribution in [1.29, 1.82) is 0 Å². The number of aliphatic hydroxyl groups excluding tert-OH is 2. The first kappa shape index (κ1) is 56.9. The second-order valence-corrected chi connectivity index (χ2v) is 17.0. The first-order valence-electron chi connectivity index (χ1n) is 23.3. The van der Waals surface area contributed by atoms with E-state index >= 15 is 0 Å². The molecule has 9 N–H and O–H groups in total. The molecule has 69 heavy (non-hydrogen) atoms. The fourth-order valence-corrected chi connectivity index (χ4v) is 6.86. The highest BCUT2D eigenvalue weighted by molar-refractivity contribution is 5.95. The van der Waals surface area contributed by atoms with E-state index in [1.807, 2.05) is 6.92 Å². The van der Waals surface area contributed by atoms with Gasteiger partial charge in [0.2, 0.25) is 11.8 Å². The molecule has 2 unspecified atom stereocenters. The zero-order valence-corrected chi connectivity index (χ0v) is 40.8. The number of nitrogens with zero attached hydrogens (tertiary/aromatic N) is 1. The molecule has 4 amide bonds. The van der Waals surface area contributed by atoms with Crippen molar-refractivity contribution >= 4 is 30.0 Å². The van der Waals surface area contributed by atoms with Gasteiger partial charge in [0.25, 0.3) is 0 Å². The van der Waals surface area contributed by atoms with Crippen LogP contribution in [0.4, 0.5) is 9.59 Å². The summed E-state index contributed by atoms with van der Waals surface area (Å²) in [6, 6.07) is 14.0. The lowest BCUT2D eigenvalue weighted by molar-refractivity contribution is -0.122. The molecule has 0 fully saturated rings.